The Morgan fingerprint density at radius 2 is 2.16 bits per heavy atom. The van der Waals surface area contributed by atoms with Crippen LogP contribution in [0.15, 0.2) is 33.8 Å². The van der Waals surface area contributed by atoms with Crippen LogP contribution in [0.2, 0.25) is 5.02 Å². The van der Waals surface area contributed by atoms with Crippen LogP contribution in [0.25, 0.3) is 11.4 Å². The van der Waals surface area contributed by atoms with E-state index in [1.807, 2.05) is 29.2 Å². The Morgan fingerprint density at radius 3 is 2.94 bits per heavy atom. The summed E-state index contributed by atoms with van der Waals surface area (Å²) in [5.74, 6) is 2.36. The van der Waals surface area contributed by atoms with Crippen LogP contribution in [0.5, 0.6) is 0 Å². The normalized spacial score (nSPS) is 19.7. The summed E-state index contributed by atoms with van der Waals surface area (Å²) in [6, 6.07) is 7.59. The van der Waals surface area contributed by atoms with Crippen molar-refractivity contribution in [3.8, 4) is 11.4 Å². The molecular weight excluding hydrogens is 416 g/mol. The highest BCUT2D eigenvalue weighted by molar-refractivity contribution is 6.30. The number of rotatable bonds is 6. The monoisotopic (exact) mass is 444 g/mol. The number of guanidine groups is 1. The summed E-state index contributed by atoms with van der Waals surface area (Å²) in [5, 5.41) is 11.4. The molecule has 2 heterocycles. The fourth-order valence-electron chi connectivity index (χ4n) is 4.29. The minimum absolute atomic E-state index is 0.217. The van der Waals surface area contributed by atoms with Gasteiger partial charge in [0.05, 0.1) is 0 Å². The summed E-state index contributed by atoms with van der Waals surface area (Å²) in [6.45, 7) is 2.16. The molecule has 166 valence electrons. The number of likely N-dealkylation sites (tertiary alicyclic amines) is 1. The van der Waals surface area contributed by atoms with Gasteiger partial charge in [-0.25, -0.2) is 0 Å². The van der Waals surface area contributed by atoms with Gasteiger partial charge in [-0.1, -0.05) is 41.7 Å². The molecule has 1 amide bonds. The topological polar surface area (TPSA) is 95.7 Å². The molecule has 2 aliphatic rings. The van der Waals surface area contributed by atoms with Crippen LogP contribution in [-0.4, -0.2) is 59.6 Å². The van der Waals surface area contributed by atoms with Crippen LogP contribution in [-0.2, 0) is 11.2 Å². The molecule has 1 aliphatic carbocycles. The van der Waals surface area contributed by atoms with Crippen molar-refractivity contribution in [2.24, 2.45) is 10.9 Å². The molecule has 1 aromatic carbocycles. The van der Waals surface area contributed by atoms with Gasteiger partial charge in [-0.3, -0.25) is 9.79 Å². The van der Waals surface area contributed by atoms with Crippen LogP contribution in [0.1, 0.15) is 38.0 Å². The van der Waals surface area contributed by atoms with E-state index in [1.54, 1.807) is 7.05 Å². The Hall–Kier alpha value is -2.61. The Labute approximate surface area is 187 Å². The van der Waals surface area contributed by atoms with E-state index in [-0.39, 0.29) is 12.0 Å². The molecule has 2 fully saturated rings. The van der Waals surface area contributed by atoms with Crippen molar-refractivity contribution < 1.29 is 9.32 Å². The lowest BCUT2D eigenvalue weighted by atomic mass is 10.1. The predicted molar refractivity (Wildman–Crippen MR) is 120 cm³/mol. The zero-order valence-electron chi connectivity index (χ0n) is 17.8. The first-order valence-corrected chi connectivity index (χ1v) is 11.3. The minimum Gasteiger partial charge on any atom is -0.356 e. The first kappa shape index (κ1) is 21.6. The third kappa shape index (κ3) is 5.55. The van der Waals surface area contributed by atoms with Crippen molar-refractivity contribution in [1.29, 1.82) is 0 Å². The maximum absolute atomic E-state index is 12.6. The van der Waals surface area contributed by atoms with Gasteiger partial charge >= 0.3 is 0 Å². The van der Waals surface area contributed by atoms with Crippen LogP contribution in [0.3, 0.4) is 0 Å². The van der Waals surface area contributed by atoms with Gasteiger partial charge in [0.2, 0.25) is 17.6 Å². The van der Waals surface area contributed by atoms with Gasteiger partial charge in [-0.05, 0) is 31.4 Å². The number of nitrogens with one attached hydrogen (secondary N) is 2. The second-order valence-corrected chi connectivity index (χ2v) is 8.60. The summed E-state index contributed by atoms with van der Waals surface area (Å²) >= 11 is 6.03. The average Bonchev–Trinajstić information content (AvgIpc) is 3.54. The van der Waals surface area contributed by atoms with E-state index in [4.69, 9.17) is 16.1 Å². The maximum Gasteiger partial charge on any atom is 0.228 e. The number of aromatic nitrogens is 2. The fraction of sp³-hybridized carbons (Fsp3) is 0.545. The number of aliphatic imine (C=N–C) groups is 1. The zero-order valence-corrected chi connectivity index (χ0v) is 18.6. The lowest BCUT2D eigenvalue weighted by Gasteiger charge is -2.21. The number of carbonyl (C=O) groups excluding carboxylic acids is 1. The van der Waals surface area contributed by atoms with Gasteiger partial charge in [0.25, 0.3) is 0 Å². The quantitative estimate of drug-likeness (QED) is 0.525. The molecule has 1 aromatic heterocycles. The number of amides is 1. The van der Waals surface area contributed by atoms with Gasteiger partial charge in [-0.2, -0.15) is 4.98 Å². The van der Waals surface area contributed by atoms with E-state index >= 15 is 0 Å². The van der Waals surface area contributed by atoms with E-state index in [0.717, 1.165) is 43.9 Å². The molecule has 0 radical (unpaired) electrons. The molecule has 8 nitrogen and oxygen atoms in total. The summed E-state index contributed by atoms with van der Waals surface area (Å²) in [5.41, 5.74) is 0.825. The van der Waals surface area contributed by atoms with Gasteiger partial charge in [0, 0.05) is 55.6 Å². The molecule has 1 unspecified atom stereocenters. The molecule has 2 aromatic rings. The van der Waals surface area contributed by atoms with Gasteiger partial charge in [0.1, 0.15) is 0 Å². The molecule has 1 aliphatic heterocycles. The van der Waals surface area contributed by atoms with E-state index in [9.17, 15) is 4.79 Å². The number of hydrogen-bond donors (Lipinski definition) is 2. The lowest BCUT2D eigenvalue weighted by molar-refractivity contribution is -0.134. The van der Waals surface area contributed by atoms with E-state index in [0.29, 0.717) is 35.6 Å². The highest BCUT2D eigenvalue weighted by Crippen LogP contribution is 2.27. The smallest absolute Gasteiger partial charge is 0.228 e. The lowest BCUT2D eigenvalue weighted by Crippen LogP contribution is -2.45. The molecule has 9 heteroatoms. The Bertz CT molecular complexity index is 924. The zero-order chi connectivity index (χ0) is 21.6. The largest absolute Gasteiger partial charge is 0.356 e. The Kier molecular flexibility index (Phi) is 7.06. The molecule has 4 rings (SSSR count). The average molecular weight is 445 g/mol. The van der Waals surface area contributed by atoms with Gasteiger partial charge in [0.15, 0.2) is 5.96 Å². The molecule has 1 saturated heterocycles. The first-order valence-electron chi connectivity index (χ1n) is 11.0. The van der Waals surface area contributed by atoms with Crippen molar-refractivity contribution in [3.05, 3.63) is 35.2 Å². The second kappa shape index (κ2) is 10.1. The minimum atomic E-state index is 0.217. The molecule has 2 N–H and O–H groups in total. The van der Waals surface area contributed by atoms with Crippen molar-refractivity contribution in [3.63, 3.8) is 0 Å². The standard InChI is InChI=1S/C22H29ClN6O2/c1-24-22(26-18-10-12-29(14-18)21(30)15-5-2-3-6-15)25-11-9-19-27-20(28-31-19)16-7-4-8-17(23)13-16/h4,7-8,13,15,18H,2-3,5-6,9-12,14H2,1H3,(H2,24,25,26). The van der Waals surface area contributed by atoms with Crippen LogP contribution in [0, 0.1) is 5.92 Å². The molecular formula is C22H29ClN6O2. The summed E-state index contributed by atoms with van der Waals surface area (Å²) in [6.07, 6.45) is 5.97. The summed E-state index contributed by atoms with van der Waals surface area (Å²) < 4.78 is 5.35. The number of halogens is 1. The van der Waals surface area contributed by atoms with Crippen molar-refractivity contribution >= 4 is 23.5 Å². The number of nitrogens with zero attached hydrogens (tertiary/aromatic N) is 4. The van der Waals surface area contributed by atoms with Crippen molar-refractivity contribution in [2.45, 2.75) is 44.6 Å². The fourth-order valence-corrected chi connectivity index (χ4v) is 4.48. The Balaban J connectivity index is 1.22. The Morgan fingerprint density at radius 1 is 1.32 bits per heavy atom. The maximum atomic E-state index is 12.6. The van der Waals surface area contributed by atoms with Crippen LogP contribution >= 0.6 is 11.6 Å². The third-order valence-corrected chi connectivity index (χ3v) is 6.19. The highest BCUT2D eigenvalue weighted by atomic mass is 35.5. The van der Waals surface area contributed by atoms with E-state index < -0.39 is 0 Å². The van der Waals surface area contributed by atoms with Gasteiger partial charge in [-0.15, -0.1) is 0 Å². The van der Waals surface area contributed by atoms with Crippen molar-refractivity contribution in [1.82, 2.24) is 25.7 Å². The number of hydrogen-bond acceptors (Lipinski definition) is 5. The first-order chi connectivity index (χ1) is 15.1. The van der Waals surface area contributed by atoms with Gasteiger partial charge < -0.3 is 20.1 Å². The third-order valence-electron chi connectivity index (χ3n) is 5.95. The summed E-state index contributed by atoms with van der Waals surface area (Å²) in [7, 11) is 1.75. The van der Waals surface area contributed by atoms with Crippen molar-refractivity contribution in [2.75, 3.05) is 26.7 Å². The molecule has 0 bridgehead atoms. The van der Waals surface area contributed by atoms with E-state index in [2.05, 4.69) is 25.8 Å². The van der Waals surface area contributed by atoms with Crippen LogP contribution < -0.4 is 10.6 Å². The molecule has 0 spiro atoms. The number of carbonyl (C=O) groups is 1. The molecule has 31 heavy (non-hydrogen) atoms. The second-order valence-electron chi connectivity index (χ2n) is 8.17. The summed E-state index contributed by atoms with van der Waals surface area (Å²) in [4.78, 5) is 23.4. The highest BCUT2D eigenvalue weighted by Gasteiger charge is 2.32. The molecule has 1 atom stereocenters. The van der Waals surface area contributed by atoms with E-state index in [1.165, 1.54) is 12.8 Å². The predicted octanol–water partition coefficient (Wildman–Crippen LogP) is 2.89. The SMILES string of the molecule is CN=C(NCCc1nc(-c2cccc(Cl)c2)no1)NC1CCN(C(=O)C2CCCC2)C1. The molecule has 1 saturated carbocycles. The van der Waals surface area contributed by atoms with Crippen LogP contribution in [0.4, 0.5) is 0 Å². The number of benzene rings is 1.